The number of nitrogens with one attached hydrogen (secondary N) is 2. The van der Waals surface area contributed by atoms with Crippen molar-refractivity contribution in [2.24, 2.45) is 11.8 Å². The number of sulfonamides is 1. The third-order valence-electron chi connectivity index (χ3n) is 3.35. The third-order valence-corrected chi connectivity index (χ3v) is 5.04. The summed E-state index contributed by atoms with van der Waals surface area (Å²) < 4.78 is 26.9. The number of aromatic amines is 1. The van der Waals surface area contributed by atoms with Crippen molar-refractivity contribution in [2.45, 2.75) is 38.5 Å². The number of aromatic nitrogens is 2. The van der Waals surface area contributed by atoms with E-state index < -0.39 is 10.0 Å². The molecule has 0 aliphatic heterocycles. The van der Waals surface area contributed by atoms with Gasteiger partial charge in [0, 0.05) is 6.54 Å². The van der Waals surface area contributed by atoms with Crippen molar-refractivity contribution in [3.63, 3.8) is 0 Å². The van der Waals surface area contributed by atoms with Gasteiger partial charge in [-0.15, -0.1) is 0 Å². The van der Waals surface area contributed by atoms with Gasteiger partial charge >= 0.3 is 0 Å². The Labute approximate surface area is 102 Å². The van der Waals surface area contributed by atoms with Gasteiger partial charge in [-0.1, -0.05) is 6.92 Å². The van der Waals surface area contributed by atoms with Crippen molar-refractivity contribution < 1.29 is 8.42 Å². The van der Waals surface area contributed by atoms with E-state index >= 15 is 0 Å². The second kappa shape index (κ2) is 4.42. The number of aryl methyl sites for hydroxylation is 2. The van der Waals surface area contributed by atoms with Crippen LogP contribution in [0.25, 0.3) is 0 Å². The lowest BCUT2D eigenvalue weighted by Gasteiger charge is -2.11. The number of nitrogens with zero attached hydrogens (tertiary/aromatic N) is 1. The molecule has 1 heterocycles. The van der Waals surface area contributed by atoms with Gasteiger partial charge in [0.25, 0.3) is 0 Å². The molecule has 1 fully saturated rings. The fourth-order valence-corrected chi connectivity index (χ4v) is 3.59. The maximum atomic E-state index is 12.1. The fourth-order valence-electron chi connectivity index (χ4n) is 2.08. The highest BCUT2D eigenvalue weighted by Crippen LogP contribution is 2.36. The van der Waals surface area contributed by atoms with Gasteiger partial charge < -0.3 is 0 Å². The molecular weight excluding hydrogens is 238 g/mol. The molecule has 1 saturated carbocycles. The molecule has 17 heavy (non-hydrogen) atoms. The van der Waals surface area contributed by atoms with Crippen molar-refractivity contribution >= 4 is 10.0 Å². The third kappa shape index (κ3) is 2.69. The molecule has 0 radical (unpaired) electrons. The highest BCUT2D eigenvalue weighted by atomic mass is 32.2. The molecule has 0 spiro atoms. The van der Waals surface area contributed by atoms with Crippen LogP contribution < -0.4 is 4.72 Å². The van der Waals surface area contributed by atoms with E-state index in [4.69, 9.17) is 0 Å². The van der Waals surface area contributed by atoms with Gasteiger partial charge in [-0.2, -0.15) is 5.10 Å². The minimum Gasteiger partial charge on any atom is -0.281 e. The maximum absolute atomic E-state index is 12.1. The van der Waals surface area contributed by atoms with Gasteiger partial charge in [-0.3, -0.25) is 5.10 Å². The summed E-state index contributed by atoms with van der Waals surface area (Å²) in [6, 6.07) is 0. The van der Waals surface area contributed by atoms with Crippen LogP contribution in [0.1, 0.15) is 31.2 Å². The first-order chi connectivity index (χ1) is 7.92. The highest BCUT2D eigenvalue weighted by Gasteiger charge is 2.29. The van der Waals surface area contributed by atoms with Crippen LogP contribution >= 0.6 is 0 Å². The smallest absolute Gasteiger partial charge is 0.244 e. The molecule has 1 aromatic rings. The lowest BCUT2D eigenvalue weighted by Crippen LogP contribution is -2.29. The SMILES string of the molecule is Cc1n[nH]c(C)c1S(=O)(=O)NCC(C)C1CC1. The molecule has 5 nitrogen and oxygen atoms in total. The lowest BCUT2D eigenvalue weighted by atomic mass is 10.1. The Balaban J connectivity index is 2.08. The Morgan fingerprint density at radius 1 is 1.47 bits per heavy atom. The first-order valence-electron chi connectivity index (χ1n) is 5.93. The standard InChI is InChI=1S/C11H19N3O2S/c1-7(10-4-5-10)6-12-17(15,16)11-8(2)13-14-9(11)3/h7,10,12H,4-6H2,1-3H3,(H,13,14). The average Bonchev–Trinajstić information content (AvgIpc) is 3.02. The predicted molar refractivity (Wildman–Crippen MR) is 65.1 cm³/mol. The van der Waals surface area contributed by atoms with Crippen molar-refractivity contribution in [2.75, 3.05) is 6.54 Å². The Kier molecular flexibility index (Phi) is 3.27. The number of rotatable bonds is 5. The molecule has 6 heteroatoms. The molecule has 1 aromatic heterocycles. The quantitative estimate of drug-likeness (QED) is 0.836. The van der Waals surface area contributed by atoms with Crippen LogP contribution in [-0.4, -0.2) is 25.2 Å². The van der Waals surface area contributed by atoms with E-state index in [0.717, 1.165) is 0 Å². The molecule has 2 N–H and O–H groups in total. The van der Waals surface area contributed by atoms with E-state index in [2.05, 4.69) is 21.8 Å². The van der Waals surface area contributed by atoms with E-state index in [0.29, 0.717) is 34.7 Å². The molecule has 1 unspecified atom stereocenters. The second-order valence-electron chi connectivity index (χ2n) is 4.93. The van der Waals surface area contributed by atoms with Crippen LogP contribution in [-0.2, 0) is 10.0 Å². The number of hydrogen-bond donors (Lipinski definition) is 2. The van der Waals surface area contributed by atoms with E-state index in [-0.39, 0.29) is 0 Å². The summed E-state index contributed by atoms with van der Waals surface area (Å²) in [6.45, 7) is 6.02. The molecule has 1 aliphatic rings. The Morgan fingerprint density at radius 2 is 2.12 bits per heavy atom. The average molecular weight is 257 g/mol. The van der Waals surface area contributed by atoms with Gasteiger partial charge in [0.1, 0.15) is 4.90 Å². The lowest BCUT2D eigenvalue weighted by molar-refractivity contribution is 0.491. The molecular formula is C11H19N3O2S. The molecule has 1 aliphatic carbocycles. The summed E-state index contributed by atoms with van der Waals surface area (Å²) in [6.07, 6.45) is 2.46. The summed E-state index contributed by atoms with van der Waals surface area (Å²) in [5.74, 6) is 1.11. The predicted octanol–water partition coefficient (Wildman–Crippen LogP) is 1.35. The van der Waals surface area contributed by atoms with Crippen molar-refractivity contribution in [3.05, 3.63) is 11.4 Å². The van der Waals surface area contributed by atoms with E-state index in [1.165, 1.54) is 12.8 Å². The monoisotopic (exact) mass is 257 g/mol. The van der Waals surface area contributed by atoms with Gasteiger partial charge in [0.05, 0.1) is 11.4 Å². The summed E-state index contributed by atoms with van der Waals surface area (Å²) in [5, 5.41) is 6.61. The molecule has 2 rings (SSSR count). The zero-order valence-electron chi connectivity index (χ0n) is 10.4. The molecule has 96 valence electrons. The zero-order valence-corrected chi connectivity index (χ0v) is 11.3. The van der Waals surface area contributed by atoms with E-state index in [9.17, 15) is 8.42 Å². The van der Waals surface area contributed by atoms with Gasteiger partial charge in [0.2, 0.25) is 10.0 Å². The molecule has 0 saturated heterocycles. The topological polar surface area (TPSA) is 74.8 Å². The normalized spacial score (nSPS) is 18.3. The molecule has 1 atom stereocenters. The van der Waals surface area contributed by atoms with Gasteiger partial charge in [0.15, 0.2) is 0 Å². The zero-order chi connectivity index (χ0) is 12.6. The minimum absolute atomic E-state index is 0.292. The summed E-state index contributed by atoms with van der Waals surface area (Å²) in [7, 11) is -3.42. The highest BCUT2D eigenvalue weighted by molar-refractivity contribution is 7.89. The Hall–Kier alpha value is -0.880. The minimum atomic E-state index is -3.42. The second-order valence-corrected chi connectivity index (χ2v) is 6.63. The van der Waals surface area contributed by atoms with Gasteiger partial charge in [-0.05, 0) is 38.5 Å². The van der Waals surface area contributed by atoms with Crippen molar-refractivity contribution in [3.8, 4) is 0 Å². The molecule has 0 bridgehead atoms. The first-order valence-corrected chi connectivity index (χ1v) is 7.41. The number of H-pyrrole nitrogens is 1. The van der Waals surface area contributed by atoms with Crippen LogP contribution in [0.15, 0.2) is 4.90 Å². The van der Waals surface area contributed by atoms with Crippen LogP contribution in [0.3, 0.4) is 0 Å². The number of hydrogen-bond acceptors (Lipinski definition) is 3. The van der Waals surface area contributed by atoms with Crippen LogP contribution in [0, 0.1) is 25.7 Å². The molecule has 0 amide bonds. The van der Waals surface area contributed by atoms with E-state index in [1.54, 1.807) is 13.8 Å². The molecule has 0 aromatic carbocycles. The van der Waals surface area contributed by atoms with Crippen molar-refractivity contribution in [1.29, 1.82) is 0 Å². The summed E-state index contributed by atoms with van der Waals surface area (Å²) in [4.78, 5) is 0.292. The largest absolute Gasteiger partial charge is 0.281 e. The van der Waals surface area contributed by atoms with Crippen LogP contribution in [0.4, 0.5) is 0 Å². The Morgan fingerprint density at radius 3 is 2.59 bits per heavy atom. The van der Waals surface area contributed by atoms with Crippen LogP contribution in [0.5, 0.6) is 0 Å². The summed E-state index contributed by atoms with van der Waals surface area (Å²) >= 11 is 0. The first kappa shape index (κ1) is 12.6. The van der Waals surface area contributed by atoms with E-state index in [1.807, 2.05) is 0 Å². The fraction of sp³-hybridized carbons (Fsp3) is 0.727. The van der Waals surface area contributed by atoms with Crippen molar-refractivity contribution in [1.82, 2.24) is 14.9 Å². The summed E-state index contributed by atoms with van der Waals surface area (Å²) in [5.41, 5.74) is 1.11. The Bertz CT molecular complexity index is 483. The van der Waals surface area contributed by atoms with Crippen LogP contribution in [0.2, 0.25) is 0 Å². The maximum Gasteiger partial charge on any atom is 0.244 e. The van der Waals surface area contributed by atoms with Gasteiger partial charge in [-0.25, -0.2) is 13.1 Å².